The summed E-state index contributed by atoms with van der Waals surface area (Å²) in [4.78, 5) is 25.0. The summed E-state index contributed by atoms with van der Waals surface area (Å²) in [5.74, 6) is 0.492. The highest BCUT2D eigenvalue weighted by Gasteiger charge is 2.34. The Morgan fingerprint density at radius 2 is 1.78 bits per heavy atom. The van der Waals surface area contributed by atoms with E-state index in [0.717, 1.165) is 16.9 Å². The zero-order valence-electron chi connectivity index (χ0n) is 19.9. The van der Waals surface area contributed by atoms with E-state index < -0.39 is 17.8 Å². The lowest BCUT2D eigenvalue weighted by molar-refractivity contribution is -0.141. The molecule has 4 aromatic rings. The van der Waals surface area contributed by atoms with Crippen molar-refractivity contribution in [2.75, 3.05) is 26.1 Å². The van der Waals surface area contributed by atoms with Crippen LogP contribution < -0.4 is 14.8 Å². The van der Waals surface area contributed by atoms with Gasteiger partial charge in [-0.05, 0) is 19.1 Å². The lowest BCUT2D eigenvalue weighted by Crippen LogP contribution is -2.10. The average Bonchev–Trinajstić information content (AvgIpc) is 3.40. The van der Waals surface area contributed by atoms with Gasteiger partial charge in [0.25, 0.3) is 0 Å². The second-order valence-electron chi connectivity index (χ2n) is 7.48. The topological polar surface area (TPSA) is 113 Å². The molecule has 0 fully saturated rings. The van der Waals surface area contributed by atoms with Crippen molar-refractivity contribution < 1.29 is 32.2 Å². The molecule has 0 saturated heterocycles. The Labute approximate surface area is 209 Å². The highest BCUT2D eigenvalue weighted by atomic mass is 19.4. The van der Waals surface area contributed by atoms with Gasteiger partial charge in [-0.1, -0.05) is 0 Å². The minimum absolute atomic E-state index is 0.0191. The normalized spacial score (nSPS) is 11.2. The number of halogens is 3. The van der Waals surface area contributed by atoms with Crippen LogP contribution in [0.3, 0.4) is 0 Å². The number of nitrogens with one attached hydrogen (secondary N) is 1. The fourth-order valence-electron chi connectivity index (χ4n) is 3.33. The zero-order valence-corrected chi connectivity index (χ0v) is 19.9. The van der Waals surface area contributed by atoms with Crippen LogP contribution in [0, 0.1) is 0 Å². The number of nitrogens with zero attached hydrogens (tertiary/aromatic N) is 5. The van der Waals surface area contributed by atoms with Crippen molar-refractivity contribution >= 4 is 17.6 Å². The van der Waals surface area contributed by atoms with E-state index in [9.17, 15) is 18.0 Å². The van der Waals surface area contributed by atoms with Crippen LogP contribution in [0.5, 0.6) is 11.5 Å². The Morgan fingerprint density at radius 3 is 2.41 bits per heavy atom. The quantitative estimate of drug-likeness (QED) is 0.335. The largest absolute Gasteiger partial charge is 0.497 e. The first-order chi connectivity index (χ1) is 17.7. The summed E-state index contributed by atoms with van der Waals surface area (Å²) in [6, 6.07) is 7.33. The third-order valence-corrected chi connectivity index (χ3v) is 5.03. The molecular weight excluding hydrogens is 493 g/mol. The van der Waals surface area contributed by atoms with Gasteiger partial charge in [0.15, 0.2) is 11.5 Å². The maximum absolute atomic E-state index is 13.3. The van der Waals surface area contributed by atoms with Gasteiger partial charge in [-0.3, -0.25) is 4.98 Å². The number of pyridine rings is 1. The standard InChI is InChI=1S/C24H21F3N6O4/c1-4-37-22(34)15-7-14(11-28-12-15)19-13-29-23(30-16-8-17(35-2)10-18(9-16)36-3)31-21(19)33-6-5-20(32-33)24(25,26)27/h5-13H,4H2,1-3H3,(H,29,30,31). The number of hydrogen-bond acceptors (Lipinski definition) is 9. The van der Waals surface area contributed by atoms with Crippen molar-refractivity contribution in [3.63, 3.8) is 0 Å². The van der Waals surface area contributed by atoms with Crippen molar-refractivity contribution in [1.29, 1.82) is 0 Å². The molecule has 37 heavy (non-hydrogen) atoms. The second kappa shape index (κ2) is 10.5. The van der Waals surface area contributed by atoms with E-state index in [1.807, 2.05) is 0 Å². The average molecular weight is 514 g/mol. The van der Waals surface area contributed by atoms with Crippen molar-refractivity contribution in [2.24, 2.45) is 0 Å². The maximum Gasteiger partial charge on any atom is 0.435 e. The molecule has 3 heterocycles. The lowest BCUT2D eigenvalue weighted by Gasteiger charge is -2.13. The summed E-state index contributed by atoms with van der Waals surface area (Å²) in [6.45, 7) is 1.83. The summed E-state index contributed by atoms with van der Waals surface area (Å²) in [5, 5.41) is 6.64. The molecule has 13 heteroatoms. The van der Waals surface area contributed by atoms with Crippen LogP contribution in [0.15, 0.2) is 55.1 Å². The number of hydrogen-bond donors (Lipinski definition) is 1. The first-order valence-electron chi connectivity index (χ1n) is 10.8. The number of methoxy groups -OCH3 is 2. The zero-order chi connectivity index (χ0) is 26.6. The number of benzene rings is 1. The molecule has 0 aliphatic rings. The number of esters is 1. The fraction of sp³-hybridized carbons (Fsp3) is 0.208. The summed E-state index contributed by atoms with van der Waals surface area (Å²) in [5.41, 5.74) is 0.232. The summed E-state index contributed by atoms with van der Waals surface area (Å²) in [7, 11) is 2.99. The van der Waals surface area contributed by atoms with Crippen LogP contribution in [0.2, 0.25) is 0 Å². The molecule has 0 atom stereocenters. The van der Waals surface area contributed by atoms with Crippen LogP contribution in [0.4, 0.5) is 24.8 Å². The molecule has 0 bridgehead atoms. The monoisotopic (exact) mass is 514 g/mol. The number of alkyl halides is 3. The van der Waals surface area contributed by atoms with Crippen LogP contribution in [-0.4, -0.2) is 51.5 Å². The fourth-order valence-corrected chi connectivity index (χ4v) is 3.33. The third kappa shape index (κ3) is 5.77. The molecule has 0 spiro atoms. The third-order valence-electron chi connectivity index (χ3n) is 5.03. The molecule has 1 N–H and O–H groups in total. The van der Waals surface area contributed by atoms with E-state index in [0.29, 0.717) is 22.7 Å². The summed E-state index contributed by atoms with van der Waals surface area (Å²) < 4.78 is 56.3. The van der Waals surface area contributed by atoms with E-state index in [1.165, 1.54) is 38.9 Å². The number of aromatic nitrogens is 5. The molecule has 0 aliphatic carbocycles. The molecule has 0 unspecified atom stereocenters. The Kier molecular flexibility index (Phi) is 7.22. The predicted molar refractivity (Wildman–Crippen MR) is 126 cm³/mol. The van der Waals surface area contributed by atoms with Crippen molar-refractivity contribution in [2.45, 2.75) is 13.1 Å². The predicted octanol–water partition coefficient (Wildman–Crippen LogP) is 4.68. The molecule has 0 aliphatic heterocycles. The van der Waals surface area contributed by atoms with Gasteiger partial charge < -0.3 is 19.5 Å². The summed E-state index contributed by atoms with van der Waals surface area (Å²) >= 11 is 0. The second-order valence-corrected chi connectivity index (χ2v) is 7.48. The molecule has 0 amide bonds. The Balaban J connectivity index is 1.80. The van der Waals surface area contributed by atoms with Crippen LogP contribution in [-0.2, 0) is 10.9 Å². The first kappa shape index (κ1) is 25.4. The van der Waals surface area contributed by atoms with Gasteiger partial charge in [0.2, 0.25) is 5.95 Å². The molecular formula is C24H21F3N6O4. The Hall–Kier alpha value is -4.68. The van der Waals surface area contributed by atoms with Crippen LogP contribution in [0.1, 0.15) is 23.0 Å². The molecule has 0 radical (unpaired) electrons. The number of carbonyl (C=O) groups is 1. The van der Waals surface area contributed by atoms with Gasteiger partial charge in [0, 0.05) is 59.8 Å². The molecule has 1 aromatic carbocycles. The van der Waals surface area contributed by atoms with Gasteiger partial charge in [0.1, 0.15) is 11.5 Å². The minimum atomic E-state index is -4.65. The van der Waals surface area contributed by atoms with Crippen molar-refractivity contribution in [1.82, 2.24) is 24.7 Å². The van der Waals surface area contributed by atoms with Crippen molar-refractivity contribution in [3.8, 4) is 28.4 Å². The number of ether oxygens (including phenoxy) is 3. The Morgan fingerprint density at radius 1 is 1.05 bits per heavy atom. The molecule has 0 saturated carbocycles. The SMILES string of the molecule is CCOC(=O)c1cncc(-c2cnc(Nc3cc(OC)cc(OC)c3)nc2-n2ccc(C(F)(F)F)n2)c1. The molecule has 192 valence electrons. The number of rotatable bonds is 8. The van der Waals surface area contributed by atoms with E-state index in [-0.39, 0.29) is 29.5 Å². The number of anilines is 2. The maximum atomic E-state index is 13.3. The van der Waals surface area contributed by atoms with Gasteiger partial charge in [-0.25, -0.2) is 14.5 Å². The minimum Gasteiger partial charge on any atom is -0.497 e. The van der Waals surface area contributed by atoms with Gasteiger partial charge in [0.05, 0.1) is 26.4 Å². The van der Waals surface area contributed by atoms with Gasteiger partial charge in [-0.2, -0.15) is 23.3 Å². The van der Waals surface area contributed by atoms with E-state index in [4.69, 9.17) is 14.2 Å². The number of carbonyl (C=O) groups excluding carboxylic acids is 1. The van der Waals surface area contributed by atoms with E-state index in [1.54, 1.807) is 25.1 Å². The van der Waals surface area contributed by atoms with E-state index >= 15 is 0 Å². The molecule has 4 rings (SSSR count). The first-order valence-corrected chi connectivity index (χ1v) is 10.8. The van der Waals surface area contributed by atoms with Gasteiger partial charge in [-0.15, -0.1) is 0 Å². The molecule has 3 aromatic heterocycles. The Bertz CT molecular complexity index is 1400. The van der Waals surface area contributed by atoms with Crippen LogP contribution >= 0.6 is 0 Å². The van der Waals surface area contributed by atoms with Gasteiger partial charge >= 0.3 is 12.1 Å². The van der Waals surface area contributed by atoms with E-state index in [2.05, 4.69) is 25.4 Å². The van der Waals surface area contributed by atoms with Crippen molar-refractivity contribution in [3.05, 3.63) is 66.4 Å². The highest BCUT2D eigenvalue weighted by molar-refractivity contribution is 5.90. The molecule has 10 nitrogen and oxygen atoms in total. The lowest BCUT2D eigenvalue weighted by atomic mass is 10.1. The van der Waals surface area contributed by atoms with Crippen LogP contribution in [0.25, 0.3) is 16.9 Å². The highest BCUT2D eigenvalue weighted by Crippen LogP contribution is 2.32. The summed E-state index contributed by atoms with van der Waals surface area (Å²) in [6.07, 6.45) is 0.629. The smallest absolute Gasteiger partial charge is 0.435 e.